The average molecular weight is 428 g/mol. The zero-order chi connectivity index (χ0) is 22.5. The molecule has 13 heteroatoms. The predicted molar refractivity (Wildman–Crippen MR) is 86.8 cm³/mol. The minimum Gasteiger partial charge on any atom is -0.479 e. The van der Waals surface area contributed by atoms with Crippen LogP contribution < -0.4 is 9.46 Å². The molecule has 0 atom stereocenters. The number of rotatable bonds is 4. The van der Waals surface area contributed by atoms with Crippen LogP contribution in [0.5, 0.6) is 5.88 Å². The summed E-state index contributed by atoms with van der Waals surface area (Å²) in [5.74, 6) is -3.23. The summed E-state index contributed by atoms with van der Waals surface area (Å²) in [6, 6.07) is 2.78. The van der Waals surface area contributed by atoms with Crippen LogP contribution in [0.2, 0.25) is 5.02 Å². The molecule has 3 aromatic heterocycles. The summed E-state index contributed by atoms with van der Waals surface area (Å²) in [5.41, 5.74) is -2.99. The quantitative estimate of drug-likeness (QED) is 0.645. The Balaban J connectivity index is 2.10. The SMILES string of the molecule is [2H]C([2H])([2H])Oc1nc(C(F)(F)F)c(F)cc1NS(=O)(=O)c1cnn2cc(Cl)ccc12. The molecule has 0 spiro atoms. The van der Waals surface area contributed by atoms with E-state index in [4.69, 9.17) is 15.7 Å². The zero-order valence-corrected chi connectivity index (χ0v) is 14.3. The highest BCUT2D eigenvalue weighted by molar-refractivity contribution is 7.93. The van der Waals surface area contributed by atoms with Crippen LogP contribution in [0.3, 0.4) is 0 Å². The first-order valence-corrected chi connectivity index (χ1v) is 8.66. The van der Waals surface area contributed by atoms with Crippen molar-refractivity contribution in [1.82, 2.24) is 14.6 Å². The van der Waals surface area contributed by atoms with Crippen LogP contribution in [0.25, 0.3) is 5.52 Å². The van der Waals surface area contributed by atoms with Gasteiger partial charge < -0.3 is 4.74 Å². The first kappa shape index (κ1) is 15.5. The lowest BCUT2D eigenvalue weighted by atomic mass is 10.3. The van der Waals surface area contributed by atoms with Crippen molar-refractivity contribution in [3.63, 3.8) is 0 Å². The van der Waals surface area contributed by atoms with Crippen molar-refractivity contribution in [2.24, 2.45) is 0 Å². The molecule has 144 valence electrons. The second-order valence-corrected chi connectivity index (χ2v) is 7.15. The van der Waals surface area contributed by atoms with E-state index < -0.39 is 51.2 Å². The Kier molecular flexibility index (Phi) is 3.74. The summed E-state index contributed by atoms with van der Waals surface area (Å²) in [4.78, 5) is 2.38. The van der Waals surface area contributed by atoms with Crippen molar-refractivity contribution in [2.45, 2.75) is 11.1 Å². The number of alkyl halides is 3. The van der Waals surface area contributed by atoms with Crippen molar-refractivity contribution >= 4 is 32.8 Å². The third kappa shape index (κ3) is 3.62. The van der Waals surface area contributed by atoms with Crippen LogP contribution >= 0.6 is 11.6 Å². The number of anilines is 1. The Morgan fingerprint density at radius 1 is 1.37 bits per heavy atom. The number of sulfonamides is 1. The monoisotopic (exact) mass is 427 g/mol. The number of hydrogen-bond donors (Lipinski definition) is 1. The Morgan fingerprint density at radius 3 is 2.78 bits per heavy atom. The fourth-order valence-corrected chi connectivity index (χ4v) is 3.49. The highest BCUT2D eigenvalue weighted by Gasteiger charge is 2.38. The van der Waals surface area contributed by atoms with Crippen LogP contribution in [0.15, 0.2) is 35.5 Å². The van der Waals surface area contributed by atoms with Crippen molar-refractivity contribution < 1.29 is 34.8 Å². The van der Waals surface area contributed by atoms with Gasteiger partial charge in [0, 0.05) is 12.3 Å². The summed E-state index contributed by atoms with van der Waals surface area (Å²) >= 11 is 5.79. The molecule has 0 fully saturated rings. The molecular formula is C14H9ClF4N4O3S. The Bertz CT molecular complexity index is 1230. The Morgan fingerprint density at radius 2 is 2.11 bits per heavy atom. The van der Waals surface area contributed by atoms with Crippen molar-refractivity contribution in [1.29, 1.82) is 0 Å². The van der Waals surface area contributed by atoms with Gasteiger partial charge in [0.1, 0.15) is 10.6 Å². The molecule has 0 saturated carbocycles. The molecule has 27 heavy (non-hydrogen) atoms. The largest absolute Gasteiger partial charge is 0.479 e. The van der Waals surface area contributed by atoms with E-state index in [0.717, 1.165) is 10.7 Å². The average Bonchev–Trinajstić information content (AvgIpc) is 2.98. The fraction of sp³-hybridized carbons (Fsp3) is 0.143. The molecule has 0 radical (unpaired) electrons. The molecule has 3 heterocycles. The molecule has 3 rings (SSSR count). The molecule has 0 aromatic carbocycles. The molecular weight excluding hydrogens is 416 g/mol. The van der Waals surface area contributed by atoms with Crippen LogP contribution in [-0.2, 0) is 16.2 Å². The minimum absolute atomic E-state index is 0.0329. The van der Waals surface area contributed by atoms with E-state index in [0.29, 0.717) is 0 Å². The summed E-state index contributed by atoms with van der Waals surface area (Å²) in [5, 5.41) is 4.03. The molecule has 1 N–H and O–H groups in total. The standard InChI is InChI=1S/C14H9ClF4N4O3S/c1-26-13-9(4-8(16)12(21-13)14(17,18)19)22-27(24,25)11-5-20-23-6-7(15)2-3-10(11)23/h2-6,22H,1H3/i1D3. The number of nitrogens with one attached hydrogen (secondary N) is 1. The molecule has 0 saturated heterocycles. The number of nitrogens with zero attached hydrogens (tertiary/aromatic N) is 3. The van der Waals surface area contributed by atoms with Crippen LogP contribution in [0.4, 0.5) is 23.2 Å². The van der Waals surface area contributed by atoms with Gasteiger partial charge in [0.2, 0.25) is 5.88 Å². The lowest BCUT2D eigenvalue weighted by Gasteiger charge is -2.14. The maximum Gasteiger partial charge on any atom is 0.436 e. The van der Waals surface area contributed by atoms with E-state index in [9.17, 15) is 26.0 Å². The maximum atomic E-state index is 13.9. The molecule has 0 aliphatic heterocycles. The third-order valence-electron chi connectivity index (χ3n) is 3.28. The molecule has 0 amide bonds. The highest BCUT2D eigenvalue weighted by atomic mass is 35.5. The van der Waals surface area contributed by atoms with Gasteiger partial charge in [-0.3, -0.25) is 4.72 Å². The number of hydrogen-bond acceptors (Lipinski definition) is 5. The topological polar surface area (TPSA) is 85.6 Å². The summed E-state index contributed by atoms with van der Waals surface area (Å²) in [6.07, 6.45) is -3.08. The van der Waals surface area contributed by atoms with E-state index in [1.165, 1.54) is 18.3 Å². The molecule has 3 aromatic rings. The van der Waals surface area contributed by atoms with Gasteiger partial charge in [-0.1, -0.05) is 11.6 Å². The number of fused-ring (bicyclic) bond motifs is 1. The first-order valence-electron chi connectivity index (χ1n) is 8.30. The molecule has 0 bridgehead atoms. The van der Waals surface area contributed by atoms with E-state index in [2.05, 4.69) is 14.8 Å². The van der Waals surface area contributed by atoms with Gasteiger partial charge in [0.05, 0.1) is 27.9 Å². The van der Waals surface area contributed by atoms with Crippen molar-refractivity contribution in [3.8, 4) is 5.88 Å². The van der Waals surface area contributed by atoms with E-state index in [1.807, 2.05) is 0 Å². The zero-order valence-electron chi connectivity index (χ0n) is 15.8. The second-order valence-electron chi connectivity index (χ2n) is 5.06. The number of aromatic nitrogens is 3. The van der Waals surface area contributed by atoms with Gasteiger partial charge in [-0.15, -0.1) is 0 Å². The van der Waals surface area contributed by atoms with E-state index in [-0.39, 0.29) is 16.6 Å². The lowest BCUT2D eigenvalue weighted by molar-refractivity contribution is -0.143. The van der Waals surface area contributed by atoms with Gasteiger partial charge in [-0.2, -0.15) is 18.3 Å². The van der Waals surface area contributed by atoms with Crippen molar-refractivity contribution in [2.75, 3.05) is 11.8 Å². The molecule has 7 nitrogen and oxygen atoms in total. The number of ether oxygens (including phenoxy) is 1. The maximum absolute atomic E-state index is 13.9. The fourth-order valence-electron chi connectivity index (χ4n) is 2.16. The molecule has 0 aliphatic carbocycles. The second kappa shape index (κ2) is 6.53. The summed E-state index contributed by atoms with van der Waals surface area (Å²) in [6.45, 7) is 0. The van der Waals surface area contributed by atoms with Gasteiger partial charge in [0.25, 0.3) is 10.0 Å². The predicted octanol–water partition coefficient (Wildman–Crippen LogP) is 3.35. The first-order chi connectivity index (χ1) is 13.7. The van der Waals surface area contributed by atoms with Gasteiger partial charge in [-0.25, -0.2) is 22.3 Å². The number of methoxy groups -OCH3 is 1. The van der Waals surface area contributed by atoms with Crippen LogP contribution in [-0.4, -0.2) is 30.1 Å². The molecule has 0 unspecified atom stereocenters. The number of pyridine rings is 2. The normalized spacial score (nSPS) is 14.5. The number of halogens is 5. The molecule has 0 aliphatic rings. The third-order valence-corrected chi connectivity index (χ3v) is 4.89. The summed E-state index contributed by atoms with van der Waals surface area (Å²) in [7, 11) is -7.88. The van der Waals surface area contributed by atoms with Crippen LogP contribution in [0.1, 0.15) is 9.81 Å². The Labute approximate surface area is 158 Å². The Hall–Kier alpha value is -2.60. The van der Waals surface area contributed by atoms with E-state index in [1.54, 1.807) is 4.72 Å². The smallest absolute Gasteiger partial charge is 0.436 e. The highest BCUT2D eigenvalue weighted by Crippen LogP contribution is 2.35. The van der Waals surface area contributed by atoms with Gasteiger partial charge in [-0.05, 0) is 12.1 Å². The van der Waals surface area contributed by atoms with Crippen molar-refractivity contribution in [3.05, 3.63) is 47.1 Å². The van der Waals surface area contributed by atoms with Gasteiger partial charge >= 0.3 is 6.18 Å². The lowest BCUT2D eigenvalue weighted by Crippen LogP contribution is -2.17. The van der Waals surface area contributed by atoms with Gasteiger partial charge in [0.15, 0.2) is 11.5 Å². The van der Waals surface area contributed by atoms with E-state index >= 15 is 0 Å². The minimum atomic E-state index is -5.28. The van der Waals surface area contributed by atoms with Crippen LogP contribution in [0, 0.1) is 5.82 Å². The summed E-state index contributed by atoms with van der Waals surface area (Å²) < 4.78 is 106.